The van der Waals surface area contributed by atoms with Gasteiger partial charge in [-0.25, -0.2) is 9.78 Å². The Balaban J connectivity index is 1.62. The van der Waals surface area contributed by atoms with Crippen LogP contribution in [0.1, 0.15) is 11.6 Å². The van der Waals surface area contributed by atoms with E-state index in [0.717, 1.165) is 19.6 Å². The summed E-state index contributed by atoms with van der Waals surface area (Å²) in [5.41, 5.74) is 0.781. The number of aromatic nitrogens is 2. The fourth-order valence-corrected chi connectivity index (χ4v) is 4.00. The van der Waals surface area contributed by atoms with Crippen LogP contribution in [-0.2, 0) is 11.3 Å². The van der Waals surface area contributed by atoms with Crippen LogP contribution < -0.4 is 11.0 Å². The molecule has 124 valence electrons. The Labute approximate surface area is 140 Å². The van der Waals surface area contributed by atoms with Gasteiger partial charge < -0.3 is 10.2 Å². The summed E-state index contributed by atoms with van der Waals surface area (Å²) in [4.78, 5) is 30.4. The SMILES string of the molecule is O=C(Cn1cccnc1=O)N1C[C@@H]2CNC[C@@H]2[C@@H]1c1ccccc1. The number of amides is 1. The van der Waals surface area contributed by atoms with Crippen LogP contribution in [0.3, 0.4) is 0 Å². The molecule has 2 aliphatic heterocycles. The van der Waals surface area contributed by atoms with Crippen LogP contribution in [0.4, 0.5) is 0 Å². The highest BCUT2D eigenvalue weighted by molar-refractivity contribution is 5.77. The molecule has 0 aliphatic carbocycles. The summed E-state index contributed by atoms with van der Waals surface area (Å²) >= 11 is 0. The van der Waals surface area contributed by atoms with Gasteiger partial charge in [-0.1, -0.05) is 30.3 Å². The van der Waals surface area contributed by atoms with Crippen molar-refractivity contribution in [3.8, 4) is 0 Å². The third-order valence-corrected chi connectivity index (χ3v) is 5.11. The summed E-state index contributed by atoms with van der Waals surface area (Å²) in [6.45, 7) is 2.67. The van der Waals surface area contributed by atoms with Crippen LogP contribution >= 0.6 is 0 Å². The molecule has 0 unspecified atom stereocenters. The third-order valence-electron chi connectivity index (χ3n) is 5.11. The summed E-state index contributed by atoms with van der Waals surface area (Å²) in [5.74, 6) is 0.889. The highest BCUT2D eigenvalue weighted by atomic mass is 16.2. The normalized spacial score (nSPS) is 25.7. The summed E-state index contributed by atoms with van der Waals surface area (Å²) < 4.78 is 1.37. The van der Waals surface area contributed by atoms with Crippen molar-refractivity contribution in [2.75, 3.05) is 19.6 Å². The van der Waals surface area contributed by atoms with Crippen molar-refractivity contribution in [2.45, 2.75) is 12.6 Å². The van der Waals surface area contributed by atoms with Crippen molar-refractivity contribution in [1.82, 2.24) is 19.8 Å². The van der Waals surface area contributed by atoms with Gasteiger partial charge in [0.1, 0.15) is 6.54 Å². The fraction of sp³-hybridized carbons (Fsp3) is 0.389. The van der Waals surface area contributed by atoms with Crippen LogP contribution in [0.25, 0.3) is 0 Å². The first-order valence-electron chi connectivity index (χ1n) is 8.30. The summed E-state index contributed by atoms with van der Waals surface area (Å²) in [6.07, 6.45) is 3.06. The highest BCUT2D eigenvalue weighted by Crippen LogP contribution is 2.42. The first-order valence-corrected chi connectivity index (χ1v) is 8.30. The van der Waals surface area contributed by atoms with Crippen LogP contribution in [0.15, 0.2) is 53.6 Å². The molecular formula is C18H20N4O2. The van der Waals surface area contributed by atoms with Gasteiger partial charge in [-0.05, 0) is 17.5 Å². The predicted octanol–water partition coefficient (Wildman–Crippen LogP) is 0.662. The minimum absolute atomic E-state index is 0.0200. The monoisotopic (exact) mass is 324 g/mol. The van der Waals surface area contributed by atoms with E-state index in [2.05, 4.69) is 22.4 Å². The van der Waals surface area contributed by atoms with Gasteiger partial charge in [0, 0.05) is 37.9 Å². The molecule has 0 radical (unpaired) electrons. The van der Waals surface area contributed by atoms with E-state index in [4.69, 9.17) is 0 Å². The van der Waals surface area contributed by atoms with Crippen molar-refractivity contribution in [2.24, 2.45) is 11.8 Å². The van der Waals surface area contributed by atoms with Gasteiger partial charge in [-0.15, -0.1) is 0 Å². The van der Waals surface area contributed by atoms with Gasteiger partial charge in [0.05, 0.1) is 6.04 Å². The molecule has 24 heavy (non-hydrogen) atoms. The molecule has 0 saturated carbocycles. The number of carbonyl (C=O) groups excluding carboxylic acids is 1. The van der Waals surface area contributed by atoms with Crippen molar-refractivity contribution in [1.29, 1.82) is 0 Å². The van der Waals surface area contributed by atoms with Crippen LogP contribution in [0.5, 0.6) is 0 Å². The van der Waals surface area contributed by atoms with E-state index in [1.807, 2.05) is 23.1 Å². The van der Waals surface area contributed by atoms with E-state index in [0.29, 0.717) is 11.8 Å². The molecule has 0 bridgehead atoms. The van der Waals surface area contributed by atoms with Gasteiger partial charge in [-0.2, -0.15) is 0 Å². The molecule has 2 saturated heterocycles. The number of likely N-dealkylation sites (tertiary alicyclic amines) is 1. The molecule has 1 amide bonds. The summed E-state index contributed by atoms with van der Waals surface area (Å²) in [6, 6.07) is 11.9. The number of nitrogens with one attached hydrogen (secondary N) is 1. The maximum absolute atomic E-state index is 12.9. The molecule has 2 aromatic rings. The van der Waals surface area contributed by atoms with E-state index in [9.17, 15) is 9.59 Å². The zero-order chi connectivity index (χ0) is 16.5. The molecule has 6 nitrogen and oxygen atoms in total. The van der Waals surface area contributed by atoms with Crippen LogP contribution in [0, 0.1) is 11.8 Å². The Morgan fingerprint density at radius 3 is 2.83 bits per heavy atom. The summed E-state index contributed by atoms with van der Waals surface area (Å²) in [5, 5.41) is 3.44. The average molecular weight is 324 g/mol. The number of fused-ring (bicyclic) bond motifs is 1. The minimum Gasteiger partial charge on any atom is -0.333 e. The summed E-state index contributed by atoms with van der Waals surface area (Å²) in [7, 11) is 0. The van der Waals surface area contributed by atoms with E-state index in [1.54, 1.807) is 12.3 Å². The van der Waals surface area contributed by atoms with Crippen molar-refractivity contribution >= 4 is 5.91 Å². The first kappa shape index (κ1) is 15.1. The number of hydrogen-bond acceptors (Lipinski definition) is 4. The van der Waals surface area contributed by atoms with E-state index in [-0.39, 0.29) is 24.2 Å². The zero-order valence-corrected chi connectivity index (χ0v) is 13.3. The van der Waals surface area contributed by atoms with E-state index < -0.39 is 0 Å². The van der Waals surface area contributed by atoms with Crippen molar-refractivity contribution < 1.29 is 4.79 Å². The number of hydrogen-bond donors (Lipinski definition) is 1. The van der Waals surface area contributed by atoms with Crippen molar-refractivity contribution in [3.05, 3.63) is 64.8 Å². The lowest BCUT2D eigenvalue weighted by Crippen LogP contribution is -2.38. The van der Waals surface area contributed by atoms with Crippen molar-refractivity contribution in [3.63, 3.8) is 0 Å². The van der Waals surface area contributed by atoms with Gasteiger partial charge in [0.25, 0.3) is 0 Å². The molecule has 0 spiro atoms. The highest BCUT2D eigenvalue weighted by Gasteiger charge is 2.46. The third kappa shape index (κ3) is 2.63. The standard InChI is InChI=1S/C18H20N4O2/c23-16(12-21-8-4-7-20-18(21)24)22-11-14-9-19-10-15(14)17(22)13-5-2-1-3-6-13/h1-8,14-15,17,19H,9-12H2/t14-,15-,17-/m0/s1. The Morgan fingerprint density at radius 1 is 1.21 bits per heavy atom. The lowest BCUT2D eigenvalue weighted by molar-refractivity contribution is -0.133. The molecule has 3 heterocycles. The Hall–Kier alpha value is -2.47. The maximum Gasteiger partial charge on any atom is 0.347 e. The lowest BCUT2D eigenvalue weighted by Gasteiger charge is -2.28. The van der Waals surface area contributed by atoms with E-state index >= 15 is 0 Å². The van der Waals surface area contributed by atoms with Crippen LogP contribution in [0.2, 0.25) is 0 Å². The quantitative estimate of drug-likeness (QED) is 0.901. The number of rotatable bonds is 3. The second-order valence-corrected chi connectivity index (χ2v) is 6.51. The predicted molar refractivity (Wildman–Crippen MR) is 89.2 cm³/mol. The second-order valence-electron chi connectivity index (χ2n) is 6.51. The maximum atomic E-state index is 12.9. The van der Waals surface area contributed by atoms with Gasteiger partial charge in [0.2, 0.25) is 5.91 Å². The van der Waals surface area contributed by atoms with Gasteiger partial charge >= 0.3 is 5.69 Å². The Kier molecular flexibility index (Phi) is 3.90. The number of nitrogens with zero attached hydrogens (tertiary/aromatic N) is 3. The molecule has 3 atom stereocenters. The molecule has 4 rings (SSSR count). The lowest BCUT2D eigenvalue weighted by atomic mass is 9.89. The topological polar surface area (TPSA) is 67.2 Å². The fourth-order valence-electron chi connectivity index (χ4n) is 4.00. The number of benzene rings is 1. The molecular weight excluding hydrogens is 304 g/mol. The number of carbonyl (C=O) groups is 1. The minimum atomic E-state index is -0.386. The van der Waals surface area contributed by atoms with Crippen LogP contribution in [-0.4, -0.2) is 40.0 Å². The average Bonchev–Trinajstić information content (AvgIpc) is 3.18. The zero-order valence-electron chi connectivity index (χ0n) is 13.3. The Bertz CT molecular complexity index is 789. The largest absolute Gasteiger partial charge is 0.347 e. The molecule has 1 aromatic carbocycles. The Morgan fingerprint density at radius 2 is 2.04 bits per heavy atom. The molecule has 2 fully saturated rings. The van der Waals surface area contributed by atoms with Gasteiger partial charge in [0.15, 0.2) is 0 Å². The molecule has 1 aromatic heterocycles. The molecule has 6 heteroatoms. The van der Waals surface area contributed by atoms with E-state index in [1.165, 1.54) is 16.3 Å². The molecule has 1 N–H and O–H groups in total. The first-order chi connectivity index (χ1) is 11.7. The van der Waals surface area contributed by atoms with Gasteiger partial charge in [-0.3, -0.25) is 9.36 Å². The smallest absolute Gasteiger partial charge is 0.333 e. The molecule has 2 aliphatic rings. The second kappa shape index (κ2) is 6.20.